The zero-order chi connectivity index (χ0) is 10.8. The fourth-order valence-electron chi connectivity index (χ4n) is 2.25. The second-order valence-corrected chi connectivity index (χ2v) is 4.08. The van der Waals surface area contributed by atoms with Crippen LogP contribution in [0.15, 0.2) is 0 Å². The van der Waals surface area contributed by atoms with Crippen molar-refractivity contribution >= 4 is 0 Å². The van der Waals surface area contributed by atoms with Crippen LogP contribution in [-0.4, -0.2) is 29.7 Å². The smallest absolute Gasteiger partial charge is 0.290 e. The molecular formula is C10H18F3N. The maximum Gasteiger partial charge on any atom is 0.404 e. The molecule has 0 aromatic carbocycles. The third-order valence-electron chi connectivity index (χ3n) is 2.94. The number of alkyl halides is 3. The Balaban J connectivity index is 2.59. The van der Waals surface area contributed by atoms with Crippen LogP contribution in [0.3, 0.4) is 0 Å². The second-order valence-electron chi connectivity index (χ2n) is 4.08. The molecule has 0 aromatic rings. The molecule has 0 aliphatic carbocycles. The minimum Gasteiger partial charge on any atom is -0.290 e. The van der Waals surface area contributed by atoms with E-state index in [1.165, 1.54) is 0 Å². The quantitative estimate of drug-likeness (QED) is 0.690. The van der Waals surface area contributed by atoms with Crippen molar-refractivity contribution in [1.29, 1.82) is 0 Å². The van der Waals surface area contributed by atoms with Crippen LogP contribution < -0.4 is 0 Å². The van der Waals surface area contributed by atoms with Gasteiger partial charge in [-0.05, 0) is 32.7 Å². The fourth-order valence-corrected chi connectivity index (χ4v) is 2.25. The lowest BCUT2D eigenvalue weighted by molar-refractivity contribution is -0.180. The van der Waals surface area contributed by atoms with E-state index in [2.05, 4.69) is 0 Å². The number of halogens is 3. The molecule has 4 heteroatoms. The summed E-state index contributed by atoms with van der Waals surface area (Å²) in [4.78, 5) is 1.61. The molecule has 0 bridgehead atoms. The van der Waals surface area contributed by atoms with Gasteiger partial charge in [-0.1, -0.05) is 13.3 Å². The van der Waals surface area contributed by atoms with Gasteiger partial charge in [-0.3, -0.25) is 4.90 Å². The van der Waals surface area contributed by atoms with Crippen molar-refractivity contribution in [1.82, 2.24) is 4.90 Å². The molecule has 1 unspecified atom stereocenters. The summed E-state index contributed by atoms with van der Waals surface area (Å²) in [6, 6.07) is -1.13. The Morgan fingerprint density at radius 2 is 2.07 bits per heavy atom. The highest BCUT2D eigenvalue weighted by Gasteiger charge is 2.46. The van der Waals surface area contributed by atoms with Crippen LogP contribution in [0.5, 0.6) is 0 Å². The molecule has 1 heterocycles. The van der Waals surface area contributed by atoms with E-state index in [1.54, 1.807) is 4.90 Å². The third kappa shape index (κ3) is 2.62. The lowest BCUT2D eigenvalue weighted by Crippen LogP contribution is -2.45. The number of nitrogens with zero attached hydrogens (tertiary/aromatic N) is 1. The third-order valence-corrected chi connectivity index (χ3v) is 2.94. The van der Waals surface area contributed by atoms with Crippen molar-refractivity contribution in [2.75, 3.05) is 6.54 Å². The van der Waals surface area contributed by atoms with Gasteiger partial charge < -0.3 is 0 Å². The molecule has 14 heavy (non-hydrogen) atoms. The minimum absolute atomic E-state index is 0.0640. The van der Waals surface area contributed by atoms with E-state index in [9.17, 15) is 13.2 Å². The van der Waals surface area contributed by atoms with E-state index >= 15 is 0 Å². The van der Waals surface area contributed by atoms with Gasteiger partial charge in [0.1, 0.15) is 6.04 Å². The van der Waals surface area contributed by atoms with Gasteiger partial charge in [0.05, 0.1) is 0 Å². The first-order chi connectivity index (χ1) is 6.46. The van der Waals surface area contributed by atoms with Crippen molar-refractivity contribution < 1.29 is 13.2 Å². The molecule has 0 aromatic heterocycles. The number of hydrogen-bond acceptors (Lipinski definition) is 1. The van der Waals surface area contributed by atoms with Gasteiger partial charge in [-0.2, -0.15) is 13.2 Å². The number of hydrogen-bond donors (Lipinski definition) is 0. The molecule has 1 rings (SSSR count). The Morgan fingerprint density at radius 3 is 2.57 bits per heavy atom. The van der Waals surface area contributed by atoms with Crippen molar-refractivity contribution in [3.05, 3.63) is 0 Å². The first kappa shape index (κ1) is 11.8. The van der Waals surface area contributed by atoms with Crippen molar-refractivity contribution in [3.63, 3.8) is 0 Å². The molecule has 0 saturated carbocycles. The van der Waals surface area contributed by atoms with Crippen molar-refractivity contribution in [2.45, 2.75) is 57.8 Å². The highest BCUT2D eigenvalue weighted by atomic mass is 19.4. The Morgan fingerprint density at radius 1 is 1.43 bits per heavy atom. The molecule has 1 fully saturated rings. The average molecular weight is 209 g/mol. The monoisotopic (exact) mass is 209 g/mol. The van der Waals surface area contributed by atoms with Gasteiger partial charge >= 0.3 is 6.18 Å². The van der Waals surface area contributed by atoms with E-state index in [1.807, 2.05) is 13.8 Å². The lowest BCUT2D eigenvalue weighted by Gasteiger charge is -2.31. The summed E-state index contributed by atoms with van der Waals surface area (Å²) in [5, 5.41) is 0. The maximum atomic E-state index is 12.6. The van der Waals surface area contributed by atoms with Crippen molar-refractivity contribution in [3.8, 4) is 0 Å². The molecule has 2 atom stereocenters. The first-order valence-electron chi connectivity index (χ1n) is 5.29. The van der Waals surface area contributed by atoms with Gasteiger partial charge in [0.15, 0.2) is 0 Å². The van der Waals surface area contributed by atoms with Gasteiger partial charge in [0.25, 0.3) is 0 Å². The Labute approximate surface area is 83.3 Å². The molecule has 1 aliphatic rings. The number of likely N-dealkylation sites (tertiary alicyclic amines) is 1. The summed E-state index contributed by atoms with van der Waals surface area (Å²) in [5.74, 6) is 0. The second kappa shape index (κ2) is 4.51. The zero-order valence-electron chi connectivity index (χ0n) is 8.77. The predicted octanol–water partition coefficient (Wildman–Crippen LogP) is 3.20. The van der Waals surface area contributed by atoms with E-state index in [4.69, 9.17) is 0 Å². The van der Waals surface area contributed by atoms with Gasteiger partial charge in [0, 0.05) is 6.04 Å². The molecule has 1 aliphatic heterocycles. The van der Waals surface area contributed by atoms with Gasteiger partial charge in [0.2, 0.25) is 0 Å². The predicted molar refractivity (Wildman–Crippen MR) is 50.2 cm³/mol. The zero-order valence-corrected chi connectivity index (χ0v) is 8.77. The summed E-state index contributed by atoms with van der Waals surface area (Å²) in [6.07, 6.45) is -1.29. The van der Waals surface area contributed by atoms with Gasteiger partial charge in [-0.25, -0.2) is 0 Å². The van der Waals surface area contributed by atoms with E-state index in [0.717, 1.165) is 12.8 Å². The largest absolute Gasteiger partial charge is 0.404 e. The van der Waals surface area contributed by atoms with Crippen LogP contribution in [0.4, 0.5) is 13.2 Å². The van der Waals surface area contributed by atoms with Crippen LogP contribution in [0.25, 0.3) is 0 Å². The van der Waals surface area contributed by atoms with Crippen LogP contribution in [0.1, 0.15) is 39.5 Å². The van der Waals surface area contributed by atoms with E-state index in [-0.39, 0.29) is 12.5 Å². The molecule has 84 valence electrons. The highest BCUT2D eigenvalue weighted by molar-refractivity contribution is 4.87. The average Bonchev–Trinajstić information content (AvgIpc) is 2.50. The standard InChI is InChI=1S/C10H18F3N/c1-3-5-8(2)14-7-4-6-9(14)10(11,12)13/h8-9H,3-7H2,1-2H3/t8?,9-/m0/s1. The normalized spacial score (nSPS) is 26.8. The fraction of sp³-hybridized carbons (Fsp3) is 1.00. The summed E-state index contributed by atoms with van der Waals surface area (Å²) < 4.78 is 37.7. The minimum atomic E-state index is -4.04. The van der Waals surface area contributed by atoms with E-state index < -0.39 is 12.2 Å². The SMILES string of the molecule is CCCC(C)N1CCC[C@H]1C(F)(F)F. The Hall–Kier alpha value is -0.250. The lowest BCUT2D eigenvalue weighted by atomic mass is 10.1. The summed E-state index contributed by atoms with van der Waals surface area (Å²) >= 11 is 0. The first-order valence-corrected chi connectivity index (χ1v) is 5.29. The molecule has 1 nitrogen and oxygen atoms in total. The summed E-state index contributed by atoms with van der Waals surface area (Å²) in [6.45, 7) is 4.51. The number of rotatable bonds is 3. The molecule has 1 saturated heterocycles. The summed E-state index contributed by atoms with van der Waals surface area (Å²) in [5.41, 5.74) is 0. The molecule has 0 radical (unpaired) electrons. The van der Waals surface area contributed by atoms with Crippen molar-refractivity contribution in [2.24, 2.45) is 0 Å². The Bertz CT molecular complexity index is 179. The van der Waals surface area contributed by atoms with Gasteiger partial charge in [-0.15, -0.1) is 0 Å². The highest BCUT2D eigenvalue weighted by Crippen LogP contribution is 2.34. The topological polar surface area (TPSA) is 3.24 Å². The van der Waals surface area contributed by atoms with E-state index in [0.29, 0.717) is 13.0 Å². The molecular weight excluding hydrogens is 191 g/mol. The maximum absolute atomic E-state index is 12.6. The summed E-state index contributed by atoms with van der Waals surface area (Å²) in [7, 11) is 0. The van der Waals surface area contributed by atoms with Crippen LogP contribution in [-0.2, 0) is 0 Å². The van der Waals surface area contributed by atoms with Crippen LogP contribution >= 0.6 is 0 Å². The van der Waals surface area contributed by atoms with Crippen LogP contribution in [0.2, 0.25) is 0 Å². The molecule has 0 N–H and O–H groups in total. The molecule has 0 spiro atoms. The molecule has 0 amide bonds. The van der Waals surface area contributed by atoms with Crippen LogP contribution in [0, 0.1) is 0 Å². The Kier molecular flexibility index (Phi) is 3.81.